The smallest absolute Gasteiger partial charge is 0.244 e. The van der Waals surface area contributed by atoms with Gasteiger partial charge in [0.25, 0.3) is 0 Å². The summed E-state index contributed by atoms with van der Waals surface area (Å²) >= 11 is 0. The van der Waals surface area contributed by atoms with E-state index >= 15 is 0 Å². The van der Waals surface area contributed by atoms with Crippen LogP contribution in [0.5, 0.6) is 0 Å². The normalized spacial score (nSPS) is 10.4. The number of carbonyl (C=O) groups excluding carboxylic acids is 2. The molecule has 0 aliphatic carbocycles. The van der Waals surface area contributed by atoms with E-state index < -0.39 is 0 Å². The van der Waals surface area contributed by atoms with Crippen molar-refractivity contribution >= 4 is 23.2 Å². The average molecular weight is 324 g/mol. The fourth-order valence-corrected chi connectivity index (χ4v) is 2.77. The molecule has 0 saturated heterocycles. The van der Waals surface area contributed by atoms with Gasteiger partial charge in [-0.3, -0.25) is 9.59 Å². The van der Waals surface area contributed by atoms with Gasteiger partial charge in [-0.1, -0.05) is 18.2 Å². The largest absolute Gasteiger partial charge is 0.325 e. The van der Waals surface area contributed by atoms with Crippen molar-refractivity contribution in [3.63, 3.8) is 0 Å². The topological polar surface area (TPSA) is 49.4 Å². The molecule has 0 unspecified atom stereocenters. The molecule has 0 aliphatic heterocycles. The molecule has 126 valence electrons. The summed E-state index contributed by atoms with van der Waals surface area (Å²) in [6, 6.07) is 11.8. The molecule has 0 spiro atoms. The summed E-state index contributed by atoms with van der Waals surface area (Å²) in [5, 5.41) is 2.88. The predicted molar refractivity (Wildman–Crippen MR) is 98.5 cm³/mol. The van der Waals surface area contributed by atoms with Gasteiger partial charge in [0.15, 0.2) is 0 Å². The molecular formula is C20H24N2O2. The molecule has 0 bridgehead atoms. The van der Waals surface area contributed by atoms with Crippen LogP contribution in [0.15, 0.2) is 36.4 Å². The Balaban J connectivity index is 2.20. The minimum atomic E-state index is -0.212. The first-order valence-corrected chi connectivity index (χ1v) is 8.00. The van der Waals surface area contributed by atoms with Gasteiger partial charge in [0.1, 0.15) is 6.54 Å². The quantitative estimate of drug-likeness (QED) is 0.927. The van der Waals surface area contributed by atoms with Gasteiger partial charge in [-0.05, 0) is 68.1 Å². The zero-order chi connectivity index (χ0) is 17.9. The van der Waals surface area contributed by atoms with Gasteiger partial charge < -0.3 is 10.2 Å². The third kappa shape index (κ3) is 4.44. The Morgan fingerprint density at radius 2 is 1.54 bits per heavy atom. The molecule has 0 fully saturated rings. The highest BCUT2D eigenvalue weighted by atomic mass is 16.2. The number of hydrogen-bond acceptors (Lipinski definition) is 2. The van der Waals surface area contributed by atoms with Gasteiger partial charge in [-0.2, -0.15) is 0 Å². The molecule has 4 nitrogen and oxygen atoms in total. The summed E-state index contributed by atoms with van der Waals surface area (Å²) in [5.41, 5.74) is 5.72. The number of aryl methyl sites for hydroxylation is 4. The van der Waals surface area contributed by atoms with E-state index in [0.717, 1.165) is 33.6 Å². The van der Waals surface area contributed by atoms with E-state index in [0.29, 0.717) is 0 Å². The first-order valence-electron chi connectivity index (χ1n) is 8.00. The van der Waals surface area contributed by atoms with E-state index in [-0.39, 0.29) is 18.4 Å². The zero-order valence-corrected chi connectivity index (χ0v) is 14.9. The van der Waals surface area contributed by atoms with E-state index in [2.05, 4.69) is 5.32 Å². The van der Waals surface area contributed by atoms with Gasteiger partial charge in [-0.15, -0.1) is 0 Å². The molecule has 4 heteroatoms. The molecule has 0 aliphatic rings. The SMILES string of the molecule is CC(=O)N(CC(=O)Nc1cc(C)cc(C)c1)c1cc(C)ccc1C. The van der Waals surface area contributed by atoms with Gasteiger partial charge in [-0.25, -0.2) is 0 Å². The maximum Gasteiger partial charge on any atom is 0.244 e. The third-order valence-corrected chi connectivity index (χ3v) is 3.84. The molecule has 0 atom stereocenters. The second-order valence-corrected chi connectivity index (χ2v) is 6.32. The van der Waals surface area contributed by atoms with Gasteiger partial charge in [0.2, 0.25) is 11.8 Å². The third-order valence-electron chi connectivity index (χ3n) is 3.84. The van der Waals surface area contributed by atoms with E-state index in [4.69, 9.17) is 0 Å². The zero-order valence-electron chi connectivity index (χ0n) is 14.9. The van der Waals surface area contributed by atoms with Crippen LogP contribution < -0.4 is 10.2 Å². The molecule has 0 heterocycles. The number of nitrogens with zero attached hydrogens (tertiary/aromatic N) is 1. The van der Waals surface area contributed by atoms with Crippen molar-refractivity contribution < 1.29 is 9.59 Å². The van der Waals surface area contributed by atoms with Crippen molar-refractivity contribution in [3.8, 4) is 0 Å². The second-order valence-electron chi connectivity index (χ2n) is 6.32. The van der Waals surface area contributed by atoms with Crippen LogP contribution in [0, 0.1) is 27.7 Å². The first-order chi connectivity index (χ1) is 11.3. The van der Waals surface area contributed by atoms with E-state index in [1.54, 1.807) is 0 Å². The van der Waals surface area contributed by atoms with Crippen LogP contribution in [-0.2, 0) is 9.59 Å². The van der Waals surface area contributed by atoms with Crippen LogP contribution in [0.1, 0.15) is 29.2 Å². The number of hydrogen-bond donors (Lipinski definition) is 1. The van der Waals surface area contributed by atoms with Crippen LogP contribution >= 0.6 is 0 Å². The molecule has 1 N–H and O–H groups in total. The van der Waals surface area contributed by atoms with Crippen molar-refractivity contribution in [2.75, 3.05) is 16.8 Å². The lowest BCUT2D eigenvalue weighted by Crippen LogP contribution is -2.37. The van der Waals surface area contributed by atoms with Crippen LogP contribution in [0.25, 0.3) is 0 Å². The highest BCUT2D eigenvalue weighted by Gasteiger charge is 2.18. The first kappa shape index (κ1) is 17.7. The second kappa shape index (κ2) is 7.30. The summed E-state index contributed by atoms with van der Waals surface area (Å²) in [6.45, 7) is 9.35. The van der Waals surface area contributed by atoms with Crippen molar-refractivity contribution in [1.29, 1.82) is 0 Å². The lowest BCUT2D eigenvalue weighted by atomic mass is 10.1. The molecule has 24 heavy (non-hydrogen) atoms. The van der Waals surface area contributed by atoms with Crippen molar-refractivity contribution in [1.82, 2.24) is 0 Å². The van der Waals surface area contributed by atoms with Crippen molar-refractivity contribution in [2.45, 2.75) is 34.6 Å². The predicted octanol–water partition coefficient (Wildman–Crippen LogP) is 3.91. The van der Waals surface area contributed by atoms with Gasteiger partial charge >= 0.3 is 0 Å². The molecule has 2 aromatic rings. The summed E-state index contributed by atoms with van der Waals surface area (Å²) in [6.07, 6.45) is 0. The number of amides is 2. The Morgan fingerprint density at radius 1 is 0.917 bits per heavy atom. The Morgan fingerprint density at radius 3 is 2.12 bits per heavy atom. The van der Waals surface area contributed by atoms with E-state index in [1.807, 2.05) is 64.1 Å². The molecule has 2 rings (SSSR count). The standard InChI is InChI=1S/C20H24N2O2/c1-13-6-7-16(4)19(11-13)22(17(5)23)12-20(24)21-18-9-14(2)8-15(3)10-18/h6-11H,12H2,1-5H3,(H,21,24). The van der Waals surface area contributed by atoms with E-state index in [9.17, 15) is 9.59 Å². The average Bonchev–Trinajstić information content (AvgIpc) is 2.46. The molecule has 0 aromatic heterocycles. The van der Waals surface area contributed by atoms with Crippen LogP contribution in [-0.4, -0.2) is 18.4 Å². The maximum atomic E-state index is 12.4. The van der Waals surface area contributed by atoms with E-state index in [1.165, 1.54) is 11.8 Å². The Bertz CT molecular complexity index is 761. The summed E-state index contributed by atoms with van der Waals surface area (Å²) in [7, 11) is 0. The lowest BCUT2D eigenvalue weighted by Gasteiger charge is -2.23. The van der Waals surface area contributed by atoms with Gasteiger partial charge in [0.05, 0.1) is 0 Å². The lowest BCUT2D eigenvalue weighted by molar-refractivity contribution is -0.120. The fraction of sp³-hybridized carbons (Fsp3) is 0.300. The molecule has 2 amide bonds. The van der Waals surface area contributed by atoms with Crippen LogP contribution in [0.4, 0.5) is 11.4 Å². The van der Waals surface area contributed by atoms with Gasteiger partial charge in [0, 0.05) is 18.3 Å². The number of benzene rings is 2. The molecule has 2 aromatic carbocycles. The fourth-order valence-electron chi connectivity index (χ4n) is 2.77. The van der Waals surface area contributed by atoms with Crippen LogP contribution in [0.2, 0.25) is 0 Å². The van der Waals surface area contributed by atoms with Crippen LogP contribution in [0.3, 0.4) is 0 Å². The summed E-state index contributed by atoms with van der Waals surface area (Å²) in [5.74, 6) is -0.365. The number of carbonyl (C=O) groups is 2. The Kier molecular flexibility index (Phi) is 5.39. The highest BCUT2D eigenvalue weighted by Crippen LogP contribution is 2.22. The minimum Gasteiger partial charge on any atom is -0.325 e. The summed E-state index contributed by atoms with van der Waals surface area (Å²) in [4.78, 5) is 26.0. The molecule has 0 radical (unpaired) electrons. The number of rotatable bonds is 4. The van der Waals surface area contributed by atoms with Crippen molar-refractivity contribution in [3.05, 3.63) is 58.7 Å². The molecule has 0 saturated carbocycles. The minimum absolute atomic E-state index is 0.00733. The number of anilines is 2. The van der Waals surface area contributed by atoms with Crippen molar-refractivity contribution in [2.24, 2.45) is 0 Å². The Labute approximate surface area is 143 Å². The maximum absolute atomic E-state index is 12.4. The highest BCUT2D eigenvalue weighted by molar-refractivity contribution is 6.02. The monoisotopic (exact) mass is 324 g/mol. The number of nitrogens with one attached hydrogen (secondary N) is 1. The Hall–Kier alpha value is -2.62. The molecular weight excluding hydrogens is 300 g/mol. The summed E-state index contributed by atoms with van der Waals surface area (Å²) < 4.78 is 0.